The Morgan fingerprint density at radius 1 is 1.03 bits per heavy atom. The van der Waals surface area contributed by atoms with Crippen LogP contribution in [0.25, 0.3) is 11.1 Å². The second-order valence-electron chi connectivity index (χ2n) is 7.90. The molecule has 4 aromatic rings. The smallest absolute Gasteiger partial charge is 0.271 e. The van der Waals surface area contributed by atoms with Gasteiger partial charge < -0.3 is 4.90 Å². The number of aromatic nitrogens is 2. The SMILES string of the molecule is CCn1c(=O)/c(=C2\Sc3ccccc3N2C)s/c1=C\c1cccc[n+]1Cc1ccc(F)c(F)c1. The molecular formula is C26H22F2N3OS2+. The Labute approximate surface area is 203 Å². The third-order valence-corrected chi connectivity index (χ3v) is 8.23. The van der Waals surface area contributed by atoms with Gasteiger partial charge in [-0.3, -0.25) is 9.36 Å². The lowest BCUT2D eigenvalue weighted by Crippen LogP contribution is -2.38. The van der Waals surface area contributed by atoms with E-state index in [1.165, 1.54) is 17.4 Å². The van der Waals surface area contributed by atoms with E-state index in [2.05, 4.69) is 17.0 Å². The normalized spacial score (nSPS) is 15.2. The zero-order valence-corrected chi connectivity index (χ0v) is 20.3. The lowest BCUT2D eigenvalue weighted by Gasteiger charge is -2.11. The number of thioether (sulfide) groups is 1. The van der Waals surface area contributed by atoms with Crippen molar-refractivity contribution in [3.8, 4) is 0 Å². The van der Waals surface area contributed by atoms with Crippen molar-refractivity contribution in [2.45, 2.75) is 24.9 Å². The molecule has 0 fully saturated rings. The first-order valence-corrected chi connectivity index (χ1v) is 12.5. The van der Waals surface area contributed by atoms with Gasteiger partial charge in [-0.15, -0.1) is 11.3 Å². The Morgan fingerprint density at radius 3 is 2.59 bits per heavy atom. The molecule has 2 aromatic heterocycles. The zero-order chi connectivity index (χ0) is 23.8. The van der Waals surface area contributed by atoms with Crippen LogP contribution < -0.4 is 24.2 Å². The average molecular weight is 495 g/mol. The van der Waals surface area contributed by atoms with Crippen LogP contribution in [0.5, 0.6) is 0 Å². The fourth-order valence-corrected chi connectivity index (χ4v) is 6.46. The molecule has 3 heterocycles. The van der Waals surface area contributed by atoms with Gasteiger partial charge >= 0.3 is 0 Å². The molecular weight excluding hydrogens is 472 g/mol. The topological polar surface area (TPSA) is 29.1 Å². The predicted octanol–water partition coefficient (Wildman–Crippen LogP) is 3.68. The Hall–Kier alpha value is -3.23. The van der Waals surface area contributed by atoms with Crippen LogP contribution in [0.2, 0.25) is 0 Å². The van der Waals surface area contributed by atoms with Crippen LogP contribution in [-0.2, 0) is 13.1 Å². The fraction of sp³-hybridized carbons (Fsp3) is 0.154. The number of anilines is 1. The van der Waals surface area contributed by atoms with E-state index in [0.717, 1.165) is 32.0 Å². The summed E-state index contributed by atoms with van der Waals surface area (Å²) < 4.78 is 32.3. The van der Waals surface area contributed by atoms with E-state index in [-0.39, 0.29) is 5.56 Å². The first kappa shape index (κ1) is 22.6. The van der Waals surface area contributed by atoms with Gasteiger partial charge in [-0.25, -0.2) is 8.78 Å². The van der Waals surface area contributed by atoms with Gasteiger partial charge in [0.05, 0.1) is 5.69 Å². The van der Waals surface area contributed by atoms with Gasteiger partial charge in [0.15, 0.2) is 24.4 Å². The molecule has 0 saturated carbocycles. The maximum Gasteiger partial charge on any atom is 0.271 e. The van der Waals surface area contributed by atoms with Crippen molar-refractivity contribution in [1.82, 2.24) is 4.57 Å². The quantitative estimate of drug-likeness (QED) is 0.406. The van der Waals surface area contributed by atoms with E-state index in [1.807, 2.05) is 61.1 Å². The molecule has 5 rings (SSSR count). The molecule has 0 bridgehead atoms. The van der Waals surface area contributed by atoms with Crippen molar-refractivity contribution in [3.63, 3.8) is 0 Å². The molecule has 4 nitrogen and oxygen atoms in total. The Kier molecular flexibility index (Phi) is 6.10. The number of fused-ring (bicyclic) bond motifs is 1. The second-order valence-corrected chi connectivity index (χ2v) is 9.96. The molecule has 0 unspecified atom stereocenters. The Balaban J connectivity index is 1.61. The number of nitrogens with zero attached hydrogens (tertiary/aromatic N) is 3. The number of halogens is 2. The third-order valence-electron chi connectivity index (χ3n) is 5.74. The van der Waals surface area contributed by atoms with Crippen molar-refractivity contribution in [2.24, 2.45) is 0 Å². The highest BCUT2D eigenvalue weighted by Gasteiger charge is 2.24. The van der Waals surface area contributed by atoms with Crippen molar-refractivity contribution < 1.29 is 13.3 Å². The first-order chi connectivity index (χ1) is 16.5. The van der Waals surface area contributed by atoms with Crippen LogP contribution in [0.3, 0.4) is 0 Å². The second kappa shape index (κ2) is 9.19. The van der Waals surface area contributed by atoms with Gasteiger partial charge in [0.1, 0.15) is 14.2 Å². The molecule has 34 heavy (non-hydrogen) atoms. The monoisotopic (exact) mass is 494 g/mol. The third kappa shape index (κ3) is 4.08. The predicted molar refractivity (Wildman–Crippen MR) is 133 cm³/mol. The molecule has 2 aromatic carbocycles. The summed E-state index contributed by atoms with van der Waals surface area (Å²) in [5, 5.41) is 0.931. The molecule has 0 spiro atoms. The highest BCUT2D eigenvalue weighted by atomic mass is 32.2. The summed E-state index contributed by atoms with van der Waals surface area (Å²) >= 11 is 3.08. The molecule has 1 aliphatic heterocycles. The van der Waals surface area contributed by atoms with Gasteiger partial charge in [0.25, 0.3) is 5.56 Å². The number of benzene rings is 2. The summed E-state index contributed by atoms with van der Waals surface area (Å²) in [5.41, 5.74) is 2.60. The molecule has 0 atom stereocenters. The van der Waals surface area contributed by atoms with Gasteiger partial charge in [-0.05, 0) is 43.3 Å². The van der Waals surface area contributed by atoms with E-state index in [9.17, 15) is 13.6 Å². The van der Waals surface area contributed by atoms with E-state index in [4.69, 9.17) is 0 Å². The molecule has 0 N–H and O–H groups in total. The van der Waals surface area contributed by atoms with Crippen LogP contribution in [0.15, 0.2) is 76.6 Å². The fourth-order valence-electron chi connectivity index (χ4n) is 3.99. The maximum absolute atomic E-state index is 13.7. The number of hydrogen-bond acceptors (Lipinski definition) is 4. The van der Waals surface area contributed by atoms with Crippen LogP contribution in [-0.4, -0.2) is 11.6 Å². The summed E-state index contributed by atoms with van der Waals surface area (Å²) in [5.74, 6) is -1.72. The lowest BCUT2D eigenvalue weighted by atomic mass is 10.2. The molecule has 172 valence electrons. The minimum atomic E-state index is -0.863. The largest absolute Gasteiger partial charge is 0.337 e. The van der Waals surface area contributed by atoms with E-state index < -0.39 is 11.6 Å². The Bertz CT molecular complexity index is 1580. The summed E-state index contributed by atoms with van der Waals surface area (Å²) in [6.45, 7) is 2.88. The number of pyridine rings is 1. The standard InChI is InChI=1S/C26H22F2N3OS2/c1-3-31-23(34-24(25(31)32)26-29(2)21-9-4-5-10-22(21)33-26)15-18-8-6-7-13-30(18)16-17-11-12-19(27)20(28)14-17/h4-15H,3,16H2,1-2H3/q+1/b26-24+. The van der Waals surface area contributed by atoms with Crippen molar-refractivity contribution >= 4 is 39.9 Å². The van der Waals surface area contributed by atoms with Crippen LogP contribution in [0.4, 0.5) is 14.5 Å². The average Bonchev–Trinajstić information content (AvgIpc) is 3.33. The summed E-state index contributed by atoms with van der Waals surface area (Å²) in [6, 6.07) is 17.8. The number of hydrogen-bond donors (Lipinski definition) is 0. The number of thiazole rings is 1. The number of rotatable bonds is 4. The molecule has 8 heteroatoms. The minimum absolute atomic E-state index is 0.0102. The van der Waals surface area contributed by atoms with Crippen molar-refractivity contribution in [1.29, 1.82) is 0 Å². The van der Waals surface area contributed by atoms with Crippen molar-refractivity contribution in [3.05, 3.63) is 109 Å². The van der Waals surface area contributed by atoms with Gasteiger partial charge in [-0.2, -0.15) is 4.57 Å². The molecule has 0 amide bonds. The van der Waals surface area contributed by atoms with E-state index >= 15 is 0 Å². The minimum Gasteiger partial charge on any atom is -0.337 e. The van der Waals surface area contributed by atoms with Gasteiger partial charge in [0, 0.05) is 42.3 Å². The highest BCUT2D eigenvalue weighted by Crippen LogP contribution is 2.44. The molecule has 0 aliphatic carbocycles. The van der Waals surface area contributed by atoms with Crippen LogP contribution in [0, 0.1) is 11.6 Å². The first-order valence-electron chi connectivity index (χ1n) is 10.8. The maximum atomic E-state index is 13.7. The molecule has 0 saturated heterocycles. The lowest BCUT2D eigenvalue weighted by molar-refractivity contribution is -0.690. The number of para-hydroxylation sites is 1. The zero-order valence-electron chi connectivity index (χ0n) is 18.7. The van der Waals surface area contributed by atoms with Gasteiger partial charge in [-0.1, -0.05) is 23.9 Å². The van der Waals surface area contributed by atoms with E-state index in [0.29, 0.717) is 23.2 Å². The molecule has 0 radical (unpaired) electrons. The van der Waals surface area contributed by atoms with E-state index in [1.54, 1.807) is 22.4 Å². The summed E-state index contributed by atoms with van der Waals surface area (Å²) in [6.07, 6.45) is 3.87. The van der Waals surface area contributed by atoms with Crippen LogP contribution >= 0.6 is 23.1 Å². The van der Waals surface area contributed by atoms with Crippen molar-refractivity contribution in [2.75, 3.05) is 11.9 Å². The van der Waals surface area contributed by atoms with Gasteiger partial charge in [0.2, 0.25) is 5.69 Å². The summed E-state index contributed by atoms with van der Waals surface area (Å²) in [7, 11) is 1.99. The Morgan fingerprint density at radius 2 is 1.82 bits per heavy atom. The molecule has 1 aliphatic rings. The highest BCUT2D eigenvalue weighted by molar-refractivity contribution is 8.08. The summed E-state index contributed by atoms with van der Waals surface area (Å²) in [4.78, 5) is 16.6. The van der Waals surface area contributed by atoms with Crippen LogP contribution in [0.1, 0.15) is 18.2 Å².